The Kier molecular flexibility index (Phi) is 5.93. The third kappa shape index (κ3) is 3.87. The van der Waals surface area contributed by atoms with Gasteiger partial charge in [-0.1, -0.05) is 0 Å². The Hall–Kier alpha value is -0.0600. The Labute approximate surface area is 81.4 Å². The monoisotopic (exact) mass is 155 g/mol. The minimum atomic E-state index is -1.18. The summed E-state index contributed by atoms with van der Waals surface area (Å²) in [5, 5.41) is 0. The fourth-order valence-electron chi connectivity index (χ4n) is 0.178. The Balaban J connectivity index is 0. The Morgan fingerprint density at radius 3 is 2.10 bits per heavy atom. The van der Waals surface area contributed by atoms with Crippen molar-refractivity contribution in [1.29, 1.82) is 0 Å². The molecule has 0 saturated heterocycles. The molecule has 0 fully saturated rings. The van der Waals surface area contributed by atoms with Gasteiger partial charge in [0.05, 0.1) is 0 Å². The summed E-state index contributed by atoms with van der Waals surface area (Å²) in [5.41, 5.74) is 3.65. The molecule has 0 aliphatic rings. The molecule has 4 nitrogen and oxygen atoms in total. The van der Waals surface area contributed by atoms with Crippen LogP contribution in [0.5, 0.6) is 0 Å². The fourth-order valence-corrected chi connectivity index (χ4v) is 0.178. The van der Waals surface area contributed by atoms with Gasteiger partial charge < -0.3 is 10.5 Å². The van der Waals surface area contributed by atoms with Crippen molar-refractivity contribution in [3.05, 3.63) is 0 Å². The van der Waals surface area contributed by atoms with Gasteiger partial charge >= 0.3 is 29.6 Å². The zero-order valence-electron chi connectivity index (χ0n) is 5.38. The summed E-state index contributed by atoms with van der Waals surface area (Å²) in [6.45, 7) is 3.04. The first-order chi connectivity index (χ1) is 4.00. The van der Waals surface area contributed by atoms with E-state index >= 15 is 0 Å². The van der Waals surface area contributed by atoms with E-state index in [-0.39, 0.29) is 36.0 Å². The number of ether oxygens (including phenoxy) is 1. The fraction of sp³-hybridized carbons (Fsp3) is 0.600. The Morgan fingerprint density at radius 1 is 1.60 bits per heavy atom. The van der Waals surface area contributed by atoms with Crippen molar-refractivity contribution in [3.63, 3.8) is 0 Å². The number of carbonyl (C=O) groups is 2. The van der Waals surface area contributed by atoms with Crippen LogP contribution >= 0.6 is 0 Å². The van der Waals surface area contributed by atoms with Crippen LogP contribution in [-0.4, -0.2) is 47.5 Å². The topological polar surface area (TPSA) is 69.4 Å². The molecule has 0 bridgehead atoms. The van der Waals surface area contributed by atoms with Gasteiger partial charge in [0.15, 0.2) is 5.60 Å². The summed E-state index contributed by atoms with van der Waals surface area (Å²) in [4.78, 5) is 20.0. The van der Waals surface area contributed by atoms with E-state index in [4.69, 9.17) is 5.73 Å². The normalized spacial score (nSPS) is 9.40. The molecular weight excluding hydrogens is 145 g/mol. The number of carbonyl (C=O) groups excluding carboxylic acids is 2. The summed E-state index contributed by atoms with van der Waals surface area (Å²) in [6, 6.07) is 0. The summed E-state index contributed by atoms with van der Waals surface area (Å²) < 4.78 is 4.34. The van der Waals surface area contributed by atoms with Crippen molar-refractivity contribution in [2.75, 3.05) is 0 Å². The molecule has 0 radical (unpaired) electrons. The summed E-state index contributed by atoms with van der Waals surface area (Å²) >= 11 is 0. The van der Waals surface area contributed by atoms with Gasteiger partial charge in [-0.2, -0.15) is 0 Å². The third-order valence-corrected chi connectivity index (χ3v) is 0.936. The molecule has 54 valence electrons. The Bertz CT molecular complexity index is 135. The van der Waals surface area contributed by atoms with Crippen LogP contribution in [0.2, 0.25) is 0 Å². The first-order valence-corrected chi connectivity index (χ1v) is 2.42. The van der Waals surface area contributed by atoms with Gasteiger partial charge in [-0.05, 0) is 13.8 Å². The van der Waals surface area contributed by atoms with Crippen LogP contribution in [0.15, 0.2) is 0 Å². The van der Waals surface area contributed by atoms with E-state index in [0.29, 0.717) is 0 Å². The van der Waals surface area contributed by atoms with Gasteiger partial charge in [-0.25, -0.2) is 0 Å². The van der Waals surface area contributed by atoms with Crippen molar-refractivity contribution in [2.24, 2.45) is 5.73 Å². The molecule has 0 atom stereocenters. The summed E-state index contributed by atoms with van der Waals surface area (Å²) in [7, 11) is 0. The van der Waals surface area contributed by atoms with Crippen molar-refractivity contribution < 1.29 is 14.3 Å². The molecule has 0 aromatic carbocycles. The Morgan fingerprint density at radius 2 is 2.00 bits per heavy atom. The molecule has 0 rings (SSSR count). The number of hydrogen-bond acceptors (Lipinski definition) is 3. The predicted molar refractivity (Wildman–Crippen MR) is 37.6 cm³/mol. The van der Waals surface area contributed by atoms with Crippen LogP contribution in [0.1, 0.15) is 13.8 Å². The maximum absolute atomic E-state index is 10.3. The summed E-state index contributed by atoms with van der Waals surface area (Å²) in [6.07, 6.45) is 0. The molecule has 0 aliphatic carbocycles. The third-order valence-electron chi connectivity index (χ3n) is 0.936. The van der Waals surface area contributed by atoms with Crippen LogP contribution in [0, 0.1) is 0 Å². The molecule has 5 heteroatoms. The molecule has 0 aromatic heterocycles. The molecular formula is C5H10NNaO3. The van der Waals surface area contributed by atoms with Crippen molar-refractivity contribution in [3.8, 4) is 0 Å². The van der Waals surface area contributed by atoms with Gasteiger partial charge in [-0.15, -0.1) is 0 Å². The van der Waals surface area contributed by atoms with Crippen molar-refractivity contribution in [2.45, 2.75) is 19.4 Å². The van der Waals surface area contributed by atoms with Gasteiger partial charge in [0.2, 0.25) is 0 Å². The zero-order valence-corrected chi connectivity index (χ0v) is 5.38. The van der Waals surface area contributed by atoms with Crippen LogP contribution < -0.4 is 5.73 Å². The van der Waals surface area contributed by atoms with E-state index in [1.165, 1.54) is 13.8 Å². The zero-order chi connectivity index (χ0) is 7.49. The summed E-state index contributed by atoms with van der Waals surface area (Å²) in [5.74, 6) is -0.658. The first kappa shape index (κ1) is 12.6. The van der Waals surface area contributed by atoms with Crippen LogP contribution in [0.4, 0.5) is 0 Å². The van der Waals surface area contributed by atoms with E-state index in [0.717, 1.165) is 0 Å². The number of hydrogen-bond donors (Lipinski definition) is 1. The molecule has 2 N–H and O–H groups in total. The molecule has 0 spiro atoms. The predicted octanol–water partition coefficient (Wildman–Crippen LogP) is -1.23. The van der Waals surface area contributed by atoms with Crippen LogP contribution in [0.25, 0.3) is 0 Å². The molecule has 0 saturated carbocycles. The van der Waals surface area contributed by atoms with E-state index in [1.807, 2.05) is 0 Å². The quantitative estimate of drug-likeness (QED) is 0.410. The van der Waals surface area contributed by atoms with Crippen molar-refractivity contribution >= 4 is 41.9 Å². The standard InChI is InChI=1S/C5H9NO3.Na.H/c1-5(2,4(6)8)9-3-7;;/h3H,1-2H3,(H2,6,8);;. The average Bonchev–Trinajstić information content (AvgIpc) is 1.65. The molecule has 0 unspecified atom stereocenters. The van der Waals surface area contributed by atoms with Crippen LogP contribution in [0.3, 0.4) is 0 Å². The molecule has 1 amide bonds. The van der Waals surface area contributed by atoms with Crippen LogP contribution in [-0.2, 0) is 14.3 Å². The minimum absolute atomic E-state index is 0. The van der Waals surface area contributed by atoms with E-state index in [2.05, 4.69) is 4.74 Å². The molecule has 0 aromatic rings. The first-order valence-electron chi connectivity index (χ1n) is 2.42. The van der Waals surface area contributed by atoms with E-state index in [9.17, 15) is 9.59 Å². The van der Waals surface area contributed by atoms with Gasteiger partial charge in [-0.3, -0.25) is 9.59 Å². The number of rotatable bonds is 3. The number of nitrogens with two attached hydrogens (primary N) is 1. The second kappa shape index (κ2) is 4.71. The van der Waals surface area contributed by atoms with E-state index < -0.39 is 11.5 Å². The van der Waals surface area contributed by atoms with Gasteiger partial charge in [0, 0.05) is 0 Å². The van der Waals surface area contributed by atoms with Crippen molar-refractivity contribution in [1.82, 2.24) is 0 Å². The molecule has 10 heavy (non-hydrogen) atoms. The number of amides is 1. The van der Waals surface area contributed by atoms with E-state index in [1.54, 1.807) is 0 Å². The number of primary amides is 1. The molecule has 0 aliphatic heterocycles. The maximum atomic E-state index is 10.3. The SMILES string of the molecule is CC(C)(OC=O)C(N)=O.[NaH]. The second-order valence-corrected chi connectivity index (χ2v) is 2.09. The average molecular weight is 155 g/mol. The second-order valence-electron chi connectivity index (χ2n) is 2.09. The van der Waals surface area contributed by atoms with Gasteiger partial charge in [0.1, 0.15) is 0 Å². The molecule has 0 heterocycles. The van der Waals surface area contributed by atoms with Gasteiger partial charge in [0.25, 0.3) is 12.4 Å².